The molecule has 0 fully saturated rings. The van der Waals surface area contributed by atoms with Crippen LogP contribution < -0.4 is 10.1 Å². The van der Waals surface area contributed by atoms with Crippen molar-refractivity contribution in [2.75, 3.05) is 11.9 Å². The second kappa shape index (κ2) is 8.39. The molecule has 1 N–H and O–H groups in total. The summed E-state index contributed by atoms with van der Waals surface area (Å²) < 4.78 is 5.40. The topological polar surface area (TPSA) is 62.1 Å². The third kappa shape index (κ3) is 4.51. The fourth-order valence-corrected chi connectivity index (χ4v) is 2.31. The molecule has 4 nitrogen and oxygen atoms in total. The monoisotopic (exact) mass is 360 g/mol. The van der Waals surface area contributed by atoms with Crippen LogP contribution in [0.15, 0.2) is 48.0 Å². The summed E-state index contributed by atoms with van der Waals surface area (Å²) in [6, 6.07) is 13.9. The highest BCUT2D eigenvalue weighted by Crippen LogP contribution is 2.29. The largest absolute Gasteiger partial charge is 0.494 e. The Kier molecular flexibility index (Phi) is 6.25. The van der Waals surface area contributed by atoms with E-state index in [1.165, 1.54) is 6.08 Å². The molecule has 0 spiro atoms. The first kappa shape index (κ1) is 17.9. The second-order valence-electron chi connectivity index (χ2n) is 4.73. The molecule has 0 bridgehead atoms. The zero-order valence-corrected chi connectivity index (χ0v) is 14.4. The van der Waals surface area contributed by atoms with Gasteiger partial charge in [0.1, 0.15) is 17.4 Å². The van der Waals surface area contributed by atoms with Gasteiger partial charge in [-0.25, -0.2) is 0 Å². The lowest BCUT2D eigenvalue weighted by Gasteiger charge is -2.08. The molecule has 0 atom stereocenters. The summed E-state index contributed by atoms with van der Waals surface area (Å²) in [5.41, 5.74) is 0.975. The molecule has 0 saturated carbocycles. The third-order valence-corrected chi connectivity index (χ3v) is 3.86. The van der Waals surface area contributed by atoms with Gasteiger partial charge in [0.05, 0.1) is 22.3 Å². The molecule has 0 aromatic heterocycles. The van der Waals surface area contributed by atoms with Crippen LogP contribution in [0.2, 0.25) is 10.0 Å². The van der Waals surface area contributed by atoms with E-state index in [0.29, 0.717) is 28.6 Å². The molecular weight excluding hydrogens is 347 g/mol. The van der Waals surface area contributed by atoms with Crippen LogP contribution in [0.4, 0.5) is 5.69 Å². The van der Waals surface area contributed by atoms with Crippen LogP contribution in [-0.2, 0) is 4.79 Å². The van der Waals surface area contributed by atoms with E-state index in [1.54, 1.807) is 42.5 Å². The molecule has 0 radical (unpaired) electrons. The zero-order chi connectivity index (χ0) is 17.5. The highest BCUT2D eigenvalue weighted by atomic mass is 35.5. The lowest BCUT2D eigenvalue weighted by molar-refractivity contribution is -0.112. The lowest BCUT2D eigenvalue weighted by Crippen LogP contribution is -2.13. The predicted molar refractivity (Wildman–Crippen MR) is 96.3 cm³/mol. The second-order valence-corrected chi connectivity index (χ2v) is 5.52. The van der Waals surface area contributed by atoms with Gasteiger partial charge in [-0.15, -0.1) is 0 Å². The average Bonchev–Trinajstić information content (AvgIpc) is 2.57. The van der Waals surface area contributed by atoms with Crippen LogP contribution >= 0.6 is 23.2 Å². The quantitative estimate of drug-likeness (QED) is 0.606. The summed E-state index contributed by atoms with van der Waals surface area (Å²) in [5.74, 6) is 0.102. The van der Waals surface area contributed by atoms with Gasteiger partial charge >= 0.3 is 0 Å². The van der Waals surface area contributed by atoms with E-state index in [9.17, 15) is 10.1 Å². The van der Waals surface area contributed by atoms with Crippen molar-refractivity contribution in [3.63, 3.8) is 0 Å². The molecule has 0 unspecified atom stereocenters. The van der Waals surface area contributed by atoms with Crippen molar-refractivity contribution < 1.29 is 9.53 Å². The number of nitriles is 1. The van der Waals surface area contributed by atoms with Crippen LogP contribution in [0.1, 0.15) is 12.5 Å². The van der Waals surface area contributed by atoms with E-state index in [1.807, 2.05) is 13.0 Å². The van der Waals surface area contributed by atoms with Crippen LogP contribution in [0.3, 0.4) is 0 Å². The van der Waals surface area contributed by atoms with Crippen molar-refractivity contribution >= 4 is 40.9 Å². The van der Waals surface area contributed by atoms with E-state index >= 15 is 0 Å². The maximum Gasteiger partial charge on any atom is 0.266 e. The molecule has 2 aromatic carbocycles. The molecule has 6 heteroatoms. The van der Waals surface area contributed by atoms with E-state index in [2.05, 4.69) is 5.32 Å². The van der Waals surface area contributed by atoms with Gasteiger partial charge in [0, 0.05) is 0 Å². The summed E-state index contributed by atoms with van der Waals surface area (Å²) in [4.78, 5) is 12.3. The minimum absolute atomic E-state index is 0.0558. The van der Waals surface area contributed by atoms with Crippen LogP contribution in [-0.4, -0.2) is 12.5 Å². The summed E-state index contributed by atoms with van der Waals surface area (Å²) >= 11 is 11.9. The first-order valence-electron chi connectivity index (χ1n) is 7.15. The molecule has 2 rings (SSSR count). The molecule has 24 heavy (non-hydrogen) atoms. The standard InChI is InChI=1S/C18H14Cl2N2O2/c1-2-24-14-6-3-5-12(10-14)9-13(11-21)18(23)22-16-8-4-7-15(19)17(16)20/h3-10H,2H2,1H3,(H,22,23)/b13-9+. The number of ether oxygens (including phenoxy) is 1. The number of anilines is 1. The molecule has 122 valence electrons. The van der Waals surface area contributed by atoms with Crippen molar-refractivity contribution in [2.45, 2.75) is 6.92 Å². The van der Waals surface area contributed by atoms with Gasteiger partial charge in [-0.1, -0.05) is 41.4 Å². The van der Waals surface area contributed by atoms with Crippen molar-refractivity contribution in [3.8, 4) is 11.8 Å². The van der Waals surface area contributed by atoms with Gasteiger partial charge in [0.15, 0.2) is 0 Å². The van der Waals surface area contributed by atoms with E-state index < -0.39 is 5.91 Å². The van der Waals surface area contributed by atoms with Gasteiger partial charge in [-0.05, 0) is 42.8 Å². The smallest absolute Gasteiger partial charge is 0.266 e. The normalized spacial score (nSPS) is 10.8. The Balaban J connectivity index is 2.24. The molecule has 0 aliphatic heterocycles. The Morgan fingerprint density at radius 3 is 2.75 bits per heavy atom. The SMILES string of the molecule is CCOc1cccc(/C=C(\C#N)C(=O)Nc2cccc(Cl)c2Cl)c1. The van der Waals surface area contributed by atoms with Crippen molar-refractivity contribution in [3.05, 3.63) is 63.6 Å². The highest BCUT2D eigenvalue weighted by molar-refractivity contribution is 6.44. The Morgan fingerprint density at radius 1 is 1.29 bits per heavy atom. The third-order valence-electron chi connectivity index (χ3n) is 3.04. The molecule has 0 heterocycles. The van der Waals surface area contributed by atoms with Crippen LogP contribution in [0.25, 0.3) is 6.08 Å². The Labute approximate surface area is 150 Å². The number of rotatable bonds is 5. The first-order chi connectivity index (χ1) is 11.5. The first-order valence-corrected chi connectivity index (χ1v) is 7.90. The van der Waals surface area contributed by atoms with Gasteiger partial charge in [0.2, 0.25) is 0 Å². The van der Waals surface area contributed by atoms with Crippen LogP contribution in [0.5, 0.6) is 5.75 Å². The number of nitrogens with one attached hydrogen (secondary N) is 1. The molecule has 1 amide bonds. The van der Waals surface area contributed by atoms with E-state index in [-0.39, 0.29) is 10.6 Å². The number of carbonyl (C=O) groups excluding carboxylic acids is 1. The average molecular weight is 361 g/mol. The summed E-state index contributed by atoms with van der Waals surface area (Å²) in [7, 11) is 0. The van der Waals surface area contributed by atoms with E-state index in [4.69, 9.17) is 27.9 Å². The zero-order valence-electron chi connectivity index (χ0n) is 12.8. The number of benzene rings is 2. The number of halogens is 2. The van der Waals surface area contributed by atoms with Crippen LogP contribution in [0, 0.1) is 11.3 Å². The summed E-state index contributed by atoms with van der Waals surface area (Å²) in [6.45, 7) is 2.41. The summed E-state index contributed by atoms with van der Waals surface area (Å²) in [6.07, 6.45) is 1.48. The van der Waals surface area contributed by atoms with Gasteiger partial charge in [-0.2, -0.15) is 5.26 Å². The molecule has 0 aliphatic rings. The predicted octanol–water partition coefficient (Wildman–Crippen LogP) is 4.94. The number of amides is 1. The fraction of sp³-hybridized carbons (Fsp3) is 0.111. The van der Waals surface area contributed by atoms with Crippen molar-refractivity contribution in [2.24, 2.45) is 0 Å². The van der Waals surface area contributed by atoms with Gasteiger partial charge in [-0.3, -0.25) is 4.79 Å². The van der Waals surface area contributed by atoms with Gasteiger partial charge < -0.3 is 10.1 Å². The molecule has 2 aromatic rings. The Hall–Kier alpha value is -2.48. The number of nitrogens with zero attached hydrogens (tertiary/aromatic N) is 1. The maximum atomic E-state index is 12.3. The number of carbonyl (C=O) groups is 1. The van der Waals surface area contributed by atoms with Gasteiger partial charge in [0.25, 0.3) is 5.91 Å². The number of hydrogen-bond acceptors (Lipinski definition) is 3. The van der Waals surface area contributed by atoms with E-state index in [0.717, 1.165) is 0 Å². The Morgan fingerprint density at radius 2 is 2.04 bits per heavy atom. The van der Waals surface area contributed by atoms with Crippen molar-refractivity contribution in [1.82, 2.24) is 0 Å². The highest BCUT2D eigenvalue weighted by Gasteiger charge is 2.12. The number of hydrogen-bond donors (Lipinski definition) is 1. The molecular formula is C18H14Cl2N2O2. The maximum absolute atomic E-state index is 12.3. The fourth-order valence-electron chi connectivity index (χ4n) is 1.97. The lowest BCUT2D eigenvalue weighted by atomic mass is 10.1. The molecule has 0 aliphatic carbocycles. The molecule has 0 saturated heterocycles. The Bertz CT molecular complexity index is 826. The summed E-state index contributed by atoms with van der Waals surface area (Å²) in [5, 5.41) is 12.4. The minimum Gasteiger partial charge on any atom is -0.494 e. The minimum atomic E-state index is -0.566. The van der Waals surface area contributed by atoms with Crippen molar-refractivity contribution in [1.29, 1.82) is 5.26 Å².